The molecule has 0 atom stereocenters. The first kappa shape index (κ1) is 7.54. The van der Waals surface area contributed by atoms with Gasteiger partial charge in [0.25, 0.3) is 0 Å². The summed E-state index contributed by atoms with van der Waals surface area (Å²) in [4.78, 5) is 11.9. The first-order valence-corrected chi connectivity index (χ1v) is 3.77. The molecule has 0 bridgehead atoms. The van der Waals surface area contributed by atoms with Gasteiger partial charge < -0.3 is 10.2 Å². The van der Waals surface area contributed by atoms with Crippen molar-refractivity contribution < 1.29 is 4.79 Å². The van der Waals surface area contributed by atoms with Gasteiger partial charge in [-0.25, -0.2) is 0 Å². The molecule has 1 N–H and O–H groups in total. The predicted molar refractivity (Wildman–Crippen MR) is 39.4 cm³/mol. The summed E-state index contributed by atoms with van der Waals surface area (Å²) in [6, 6.07) is 0. The van der Waals surface area contributed by atoms with E-state index >= 15 is 0 Å². The van der Waals surface area contributed by atoms with Gasteiger partial charge in [0, 0.05) is 19.6 Å². The molecular formula is C7H13N2O. The number of nitrogens with zero attached hydrogens (tertiary/aromatic N) is 1. The Labute approximate surface area is 61.4 Å². The lowest BCUT2D eigenvalue weighted by atomic mass is 10.2. The molecular weight excluding hydrogens is 128 g/mol. The van der Waals surface area contributed by atoms with Crippen LogP contribution >= 0.6 is 0 Å². The summed E-state index contributed by atoms with van der Waals surface area (Å²) in [5, 5.41) is 3.23. The average Bonchev–Trinajstić information content (AvgIpc) is 1.87. The number of nitrogens with one attached hydrogen (secondary N) is 1. The van der Waals surface area contributed by atoms with Gasteiger partial charge in [0.1, 0.15) is 0 Å². The number of rotatable bonds is 1. The smallest absolute Gasteiger partial charge is 0.312 e. The van der Waals surface area contributed by atoms with Crippen LogP contribution in [0.1, 0.15) is 12.8 Å². The van der Waals surface area contributed by atoms with E-state index < -0.39 is 0 Å². The van der Waals surface area contributed by atoms with Gasteiger partial charge in [-0.1, -0.05) is 0 Å². The summed E-state index contributed by atoms with van der Waals surface area (Å²) in [5.41, 5.74) is 0. The molecule has 1 amide bonds. The third-order valence-corrected chi connectivity index (χ3v) is 1.72. The summed E-state index contributed by atoms with van der Waals surface area (Å²) in [6.45, 7) is 3.69. The quantitative estimate of drug-likeness (QED) is 0.545. The van der Waals surface area contributed by atoms with Crippen molar-refractivity contribution in [2.24, 2.45) is 0 Å². The molecule has 1 fully saturated rings. The Kier molecular flexibility index (Phi) is 3.22. The van der Waals surface area contributed by atoms with E-state index in [9.17, 15) is 4.79 Å². The van der Waals surface area contributed by atoms with E-state index in [0.717, 1.165) is 39.0 Å². The molecule has 0 aromatic heterocycles. The van der Waals surface area contributed by atoms with Crippen LogP contribution in [0.4, 0.5) is 0 Å². The van der Waals surface area contributed by atoms with Crippen LogP contribution in [-0.2, 0) is 4.79 Å². The maximum absolute atomic E-state index is 10.2. The van der Waals surface area contributed by atoms with Crippen LogP contribution in [0.15, 0.2) is 0 Å². The minimum Gasteiger partial charge on any atom is -0.333 e. The van der Waals surface area contributed by atoms with Crippen LogP contribution in [0, 0.1) is 0 Å². The highest BCUT2D eigenvalue weighted by molar-refractivity contribution is 5.47. The molecule has 57 valence electrons. The fourth-order valence-corrected chi connectivity index (χ4v) is 1.09. The number of hydrogen-bond acceptors (Lipinski definition) is 2. The molecule has 1 saturated heterocycles. The van der Waals surface area contributed by atoms with Crippen LogP contribution in [-0.4, -0.2) is 37.5 Å². The van der Waals surface area contributed by atoms with E-state index in [1.807, 2.05) is 6.41 Å². The Hall–Kier alpha value is -0.570. The highest BCUT2D eigenvalue weighted by Crippen LogP contribution is 1.94. The van der Waals surface area contributed by atoms with E-state index in [1.54, 1.807) is 4.90 Å². The Morgan fingerprint density at radius 1 is 1.20 bits per heavy atom. The standard InChI is InChI=1S/C7H13N2O/c10-7-9-5-2-1-3-8-4-6-9/h8H,1-6H2. The largest absolute Gasteiger partial charge is 0.333 e. The van der Waals surface area contributed by atoms with Crippen molar-refractivity contribution >= 4 is 6.41 Å². The van der Waals surface area contributed by atoms with Gasteiger partial charge in [0.05, 0.1) is 0 Å². The van der Waals surface area contributed by atoms with Gasteiger partial charge in [0.2, 0.25) is 0 Å². The summed E-state index contributed by atoms with van der Waals surface area (Å²) >= 11 is 0. The predicted octanol–water partition coefficient (Wildman–Crippen LogP) is -0.261. The van der Waals surface area contributed by atoms with Crippen LogP contribution in [0.5, 0.6) is 0 Å². The van der Waals surface area contributed by atoms with Crippen molar-refractivity contribution in [3.63, 3.8) is 0 Å². The second kappa shape index (κ2) is 4.28. The van der Waals surface area contributed by atoms with Crippen molar-refractivity contribution in [2.45, 2.75) is 12.8 Å². The summed E-state index contributed by atoms with van der Waals surface area (Å²) < 4.78 is 0. The number of hydrogen-bond donors (Lipinski definition) is 1. The lowest BCUT2D eigenvalue weighted by Gasteiger charge is -2.19. The first-order chi connectivity index (χ1) is 4.93. The minimum absolute atomic E-state index is 0.809. The van der Waals surface area contributed by atoms with Gasteiger partial charge in [-0.2, -0.15) is 0 Å². The van der Waals surface area contributed by atoms with E-state index in [2.05, 4.69) is 5.32 Å². The monoisotopic (exact) mass is 141 g/mol. The van der Waals surface area contributed by atoms with Crippen LogP contribution in [0.25, 0.3) is 0 Å². The Morgan fingerprint density at radius 3 is 2.90 bits per heavy atom. The van der Waals surface area contributed by atoms with Crippen LogP contribution < -0.4 is 5.32 Å². The van der Waals surface area contributed by atoms with Gasteiger partial charge in [-0.3, -0.25) is 4.79 Å². The summed E-state index contributed by atoms with van der Waals surface area (Å²) in [6.07, 6.45) is 4.18. The zero-order chi connectivity index (χ0) is 7.23. The lowest BCUT2D eigenvalue weighted by molar-refractivity contribution is 0.347. The molecule has 0 aliphatic carbocycles. The highest BCUT2D eigenvalue weighted by atomic mass is 16.1. The minimum atomic E-state index is 0.809. The molecule has 0 unspecified atom stereocenters. The second-order valence-corrected chi connectivity index (χ2v) is 2.54. The maximum atomic E-state index is 10.2. The second-order valence-electron chi connectivity index (χ2n) is 2.54. The molecule has 0 saturated carbocycles. The Morgan fingerprint density at radius 2 is 2.10 bits per heavy atom. The lowest BCUT2D eigenvalue weighted by Crippen LogP contribution is -2.35. The van der Waals surface area contributed by atoms with E-state index in [1.165, 1.54) is 0 Å². The van der Waals surface area contributed by atoms with E-state index in [-0.39, 0.29) is 0 Å². The van der Waals surface area contributed by atoms with Gasteiger partial charge in [-0.05, 0) is 19.4 Å². The zero-order valence-electron chi connectivity index (χ0n) is 6.10. The topological polar surface area (TPSA) is 32.3 Å². The van der Waals surface area contributed by atoms with E-state index in [0.29, 0.717) is 0 Å². The molecule has 0 aromatic carbocycles. The third-order valence-electron chi connectivity index (χ3n) is 1.72. The van der Waals surface area contributed by atoms with Crippen LogP contribution in [0.2, 0.25) is 0 Å². The van der Waals surface area contributed by atoms with Gasteiger partial charge in [-0.15, -0.1) is 0 Å². The van der Waals surface area contributed by atoms with Crippen molar-refractivity contribution in [3.05, 3.63) is 0 Å². The normalized spacial score (nSPS) is 21.4. The van der Waals surface area contributed by atoms with E-state index in [4.69, 9.17) is 0 Å². The molecule has 1 heterocycles. The molecule has 10 heavy (non-hydrogen) atoms. The van der Waals surface area contributed by atoms with Gasteiger partial charge in [0.15, 0.2) is 0 Å². The van der Waals surface area contributed by atoms with Crippen molar-refractivity contribution in [1.29, 1.82) is 0 Å². The van der Waals surface area contributed by atoms with Crippen molar-refractivity contribution in [1.82, 2.24) is 10.2 Å². The van der Waals surface area contributed by atoms with Gasteiger partial charge >= 0.3 is 6.41 Å². The van der Waals surface area contributed by atoms with Crippen molar-refractivity contribution in [2.75, 3.05) is 26.2 Å². The molecule has 3 heteroatoms. The molecule has 1 rings (SSSR count). The Balaban J connectivity index is 2.22. The summed E-state index contributed by atoms with van der Waals surface area (Å²) in [7, 11) is 0. The fraction of sp³-hybridized carbons (Fsp3) is 0.857. The molecule has 1 radical (unpaired) electrons. The van der Waals surface area contributed by atoms with Crippen molar-refractivity contribution in [3.8, 4) is 0 Å². The SMILES string of the molecule is O=[C]N1CCCCNCC1. The Bertz CT molecular complexity index is 97.8. The zero-order valence-corrected chi connectivity index (χ0v) is 6.10. The molecule has 0 spiro atoms. The molecule has 1 aliphatic heterocycles. The van der Waals surface area contributed by atoms with Crippen LogP contribution in [0.3, 0.4) is 0 Å². The fourth-order valence-electron chi connectivity index (χ4n) is 1.09. The molecule has 1 aliphatic rings. The molecule has 0 aromatic rings. The molecule has 3 nitrogen and oxygen atoms in total. The maximum Gasteiger partial charge on any atom is 0.312 e. The highest BCUT2D eigenvalue weighted by Gasteiger charge is 2.04. The first-order valence-electron chi connectivity index (χ1n) is 3.77. The number of carbonyl (C=O) groups excluding carboxylic acids is 1. The summed E-state index contributed by atoms with van der Waals surface area (Å²) in [5.74, 6) is 0. The number of amides is 1. The third kappa shape index (κ3) is 2.35. The average molecular weight is 141 g/mol.